The number of aryl methyl sites for hydroxylation is 1. The zero-order valence-electron chi connectivity index (χ0n) is 11.5. The van der Waals surface area contributed by atoms with E-state index in [9.17, 15) is 4.39 Å². The van der Waals surface area contributed by atoms with Crippen molar-refractivity contribution < 1.29 is 9.13 Å². The molecule has 0 aromatic heterocycles. The molecule has 0 atom stereocenters. The van der Waals surface area contributed by atoms with Crippen molar-refractivity contribution in [3.05, 3.63) is 51.7 Å². The molecule has 0 fully saturated rings. The molecule has 0 saturated carbocycles. The van der Waals surface area contributed by atoms with Crippen LogP contribution in [0.25, 0.3) is 0 Å². The molecule has 2 rings (SSSR count). The average molecular weight is 369 g/mol. The third-order valence-electron chi connectivity index (χ3n) is 3.02. The number of ether oxygens (including phenoxy) is 1. The van der Waals surface area contributed by atoms with Crippen molar-refractivity contribution in [1.29, 1.82) is 0 Å². The van der Waals surface area contributed by atoms with Gasteiger partial charge in [-0.3, -0.25) is 0 Å². The zero-order valence-corrected chi connectivity index (χ0v) is 13.9. The minimum absolute atomic E-state index is 0.146. The summed E-state index contributed by atoms with van der Waals surface area (Å²) in [6.45, 7) is 1.92. The molecule has 6 heteroatoms. The fourth-order valence-electron chi connectivity index (χ4n) is 1.95. The number of nitrogens with two attached hydrogens (primary N) is 1. The van der Waals surface area contributed by atoms with Crippen LogP contribution in [-0.4, -0.2) is 12.1 Å². The van der Waals surface area contributed by atoms with Gasteiger partial charge in [0.05, 0.1) is 17.3 Å². The lowest BCUT2D eigenvalue weighted by atomic mass is 10.1. The van der Waals surface area contributed by atoms with Gasteiger partial charge in [0.25, 0.3) is 0 Å². The first-order valence-corrected chi connectivity index (χ1v) is 7.33. The van der Waals surface area contributed by atoms with Crippen molar-refractivity contribution in [1.82, 2.24) is 0 Å². The standard InChI is InChI=1S/C15H14BrFN2OS/c1-8-7-9(3-6-12(8)20-2)19-11-5-4-10(15(18)21)13(16)14(11)17/h3-7,19H,1-2H3,(H2,18,21). The summed E-state index contributed by atoms with van der Waals surface area (Å²) in [5, 5.41) is 3.03. The Balaban J connectivity index is 2.34. The summed E-state index contributed by atoms with van der Waals surface area (Å²) in [7, 11) is 1.61. The van der Waals surface area contributed by atoms with Crippen molar-refractivity contribution in [3.8, 4) is 5.75 Å². The van der Waals surface area contributed by atoms with Gasteiger partial charge in [-0.2, -0.15) is 0 Å². The SMILES string of the molecule is COc1ccc(Nc2ccc(C(N)=S)c(Br)c2F)cc1C. The van der Waals surface area contributed by atoms with Crippen LogP contribution in [0, 0.1) is 12.7 Å². The second-order valence-corrected chi connectivity index (χ2v) is 5.70. The quantitative estimate of drug-likeness (QED) is 0.790. The van der Waals surface area contributed by atoms with Crippen LogP contribution in [0.15, 0.2) is 34.8 Å². The van der Waals surface area contributed by atoms with Gasteiger partial charge in [-0.05, 0) is 58.7 Å². The summed E-state index contributed by atoms with van der Waals surface area (Å²) in [5.41, 5.74) is 8.07. The van der Waals surface area contributed by atoms with Crippen LogP contribution < -0.4 is 15.8 Å². The molecule has 2 aromatic rings. The zero-order chi connectivity index (χ0) is 15.6. The number of anilines is 2. The van der Waals surface area contributed by atoms with Gasteiger partial charge in [-0.15, -0.1) is 0 Å². The molecule has 110 valence electrons. The Morgan fingerprint density at radius 2 is 2.05 bits per heavy atom. The molecule has 0 radical (unpaired) electrons. The molecule has 3 N–H and O–H groups in total. The summed E-state index contributed by atoms with van der Waals surface area (Å²) >= 11 is 8.05. The second-order valence-electron chi connectivity index (χ2n) is 4.46. The van der Waals surface area contributed by atoms with Crippen molar-refractivity contribution in [2.24, 2.45) is 5.73 Å². The summed E-state index contributed by atoms with van der Waals surface area (Å²) in [5.74, 6) is 0.347. The van der Waals surface area contributed by atoms with E-state index in [2.05, 4.69) is 21.2 Å². The van der Waals surface area contributed by atoms with Crippen LogP contribution in [0.4, 0.5) is 15.8 Å². The monoisotopic (exact) mass is 368 g/mol. The lowest BCUT2D eigenvalue weighted by Crippen LogP contribution is -2.11. The summed E-state index contributed by atoms with van der Waals surface area (Å²) in [6, 6.07) is 8.81. The molecule has 0 aliphatic rings. The molecule has 21 heavy (non-hydrogen) atoms. The van der Waals surface area contributed by atoms with Crippen LogP contribution in [0.3, 0.4) is 0 Å². The van der Waals surface area contributed by atoms with E-state index in [0.717, 1.165) is 17.0 Å². The molecule has 0 heterocycles. The predicted octanol–water partition coefficient (Wildman–Crippen LogP) is 4.28. The second kappa shape index (κ2) is 6.41. The molecular weight excluding hydrogens is 355 g/mol. The fraction of sp³-hybridized carbons (Fsp3) is 0.133. The number of hydrogen-bond donors (Lipinski definition) is 2. The Hall–Kier alpha value is -1.66. The molecule has 0 aliphatic carbocycles. The molecule has 0 unspecified atom stereocenters. The number of thiocarbonyl (C=S) groups is 1. The largest absolute Gasteiger partial charge is 0.496 e. The smallest absolute Gasteiger partial charge is 0.161 e. The van der Waals surface area contributed by atoms with E-state index >= 15 is 0 Å². The van der Waals surface area contributed by atoms with Gasteiger partial charge < -0.3 is 15.8 Å². The number of hydrogen-bond acceptors (Lipinski definition) is 3. The number of benzene rings is 2. The number of rotatable bonds is 4. The van der Waals surface area contributed by atoms with Crippen molar-refractivity contribution in [2.45, 2.75) is 6.92 Å². The van der Waals surface area contributed by atoms with E-state index in [4.69, 9.17) is 22.7 Å². The molecular formula is C15H14BrFN2OS. The Kier molecular flexibility index (Phi) is 4.80. The Labute approximate surface area is 136 Å². The number of nitrogens with one attached hydrogen (secondary N) is 1. The van der Waals surface area contributed by atoms with Crippen LogP contribution in [-0.2, 0) is 0 Å². The maximum Gasteiger partial charge on any atom is 0.161 e. The highest BCUT2D eigenvalue weighted by molar-refractivity contribution is 9.10. The van der Waals surface area contributed by atoms with E-state index in [1.165, 1.54) is 0 Å². The maximum atomic E-state index is 14.3. The van der Waals surface area contributed by atoms with Gasteiger partial charge in [-0.1, -0.05) is 12.2 Å². The van der Waals surface area contributed by atoms with Crippen molar-refractivity contribution in [2.75, 3.05) is 12.4 Å². The molecule has 3 nitrogen and oxygen atoms in total. The first kappa shape index (κ1) is 15.7. The normalized spacial score (nSPS) is 10.3. The van der Waals surface area contributed by atoms with E-state index in [-0.39, 0.29) is 9.46 Å². The summed E-state index contributed by atoms with van der Waals surface area (Å²) in [4.78, 5) is 0.146. The molecule has 2 aromatic carbocycles. The van der Waals surface area contributed by atoms with Gasteiger partial charge in [0, 0.05) is 11.3 Å². The molecule has 0 saturated heterocycles. The third-order valence-corrected chi connectivity index (χ3v) is 4.02. The number of methoxy groups -OCH3 is 1. The lowest BCUT2D eigenvalue weighted by molar-refractivity contribution is 0.412. The third kappa shape index (κ3) is 3.33. The number of halogens is 2. The van der Waals surface area contributed by atoms with Gasteiger partial charge in [-0.25, -0.2) is 4.39 Å². The van der Waals surface area contributed by atoms with Gasteiger partial charge in [0.2, 0.25) is 0 Å². The van der Waals surface area contributed by atoms with Gasteiger partial charge in [0.15, 0.2) is 5.82 Å². The van der Waals surface area contributed by atoms with Crippen LogP contribution in [0.1, 0.15) is 11.1 Å². The van der Waals surface area contributed by atoms with E-state index in [0.29, 0.717) is 11.3 Å². The van der Waals surface area contributed by atoms with Crippen LogP contribution in [0.2, 0.25) is 0 Å². The predicted molar refractivity (Wildman–Crippen MR) is 91.0 cm³/mol. The highest BCUT2D eigenvalue weighted by Crippen LogP contribution is 2.30. The van der Waals surface area contributed by atoms with Crippen LogP contribution in [0.5, 0.6) is 5.75 Å². The van der Waals surface area contributed by atoms with E-state index < -0.39 is 5.82 Å². The molecule has 0 spiro atoms. The minimum Gasteiger partial charge on any atom is -0.496 e. The Morgan fingerprint density at radius 1 is 1.33 bits per heavy atom. The van der Waals surface area contributed by atoms with E-state index in [1.54, 1.807) is 19.2 Å². The highest BCUT2D eigenvalue weighted by atomic mass is 79.9. The highest BCUT2D eigenvalue weighted by Gasteiger charge is 2.13. The summed E-state index contributed by atoms with van der Waals surface area (Å²) < 4.78 is 19.8. The molecule has 0 bridgehead atoms. The Bertz CT molecular complexity index is 706. The average Bonchev–Trinajstić information content (AvgIpc) is 2.44. The summed E-state index contributed by atoms with van der Waals surface area (Å²) in [6.07, 6.45) is 0. The van der Waals surface area contributed by atoms with Crippen LogP contribution >= 0.6 is 28.1 Å². The lowest BCUT2D eigenvalue weighted by Gasteiger charge is -2.12. The maximum absolute atomic E-state index is 14.3. The van der Waals surface area contributed by atoms with Gasteiger partial charge in [0.1, 0.15) is 10.7 Å². The topological polar surface area (TPSA) is 47.3 Å². The minimum atomic E-state index is -0.436. The van der Waals surface area contributed by atoms with Crippen molar-refractivity contribution in [3.63, 3.8) is 0 Å². The molecule has 0 amide bonds. The first-order valence-electron chi connectivity index (χ1n) is 6.13. The van der Waals surface area contributed by atoms with Crippen molar-refractivity contribution >= 4 is 44.5 Å². The van der Waals surface area contributed by atoms with Gasteiger partial charge >= 0.3 is 0 Å². The fourth-order valence-corrected chi connectivity index (χ4v) is 2.81. The first-order chi connectivity index (χ1) is 9.93. The molecule has 0 aliphatic heterocycles. The van der Waals surface area contributed by atoms with E-state index in [1.807, 2.05) is 25.1 Å². The Morgan fingerprint density at radius 3 is 2.62 bits per heavy atom.